The van der Waals surface area contributed by atoms with Gasteiger partial charge in [-0.1, -0.05) is 30.4 Å². The lowest BCUT2D eigenvalue weighted by Gasteiger charge is -2.24. The molecule has 1 amide bonds. The van der Waals surface area contributed by atoms with Gasteiger partial charge in [0.2, 0.25) is 0 Å². The van der Waals surface area contributed by atoms with E-state index in [0.717, 1.165) is 11.6 Å². The number of halogens is 4. The van der Waals surface area contributed by atoms with Gasteiger partial charge in [-0.15, -0.1) is 0 Å². The number of anilines is 1. The van der Waals surface area contributed by atoms with E-state index in [0.29, 0.717) is 24.2 Å². The second-order valence-electron chi connectivity index (χ2n) is 9.12. The lowest BCUT2D eigenvalue weighted by Crippen LogP contribution is -2.35. The van der Waals surface area contributed by atoms with Crippen LogP contribution in [0.3, 0.4) is 0 Å². The van der Waals surface area contributed by atoms with Crippen molar-refractivity contribution in [3.8, 4) is 0 Å². The van der Waals surface area contributed by atoms with Crippen molar-refractivity contribution in [3.05, 3.63) is 70.0 Å². The Labute approximate surface area is 185 Å². The Bertz CT molecular complexity index is 1030. The summed E-state index contributed by atoms with van der Waals surface area (Å²) in [7, 11) is 0. The van der Waals surface area contributed by atoms with Crippen molar-refractivity contribution in [3.63, 3.8) is 0 Å². The van der Waals surface area contributed by atoms with Gasteiger partial charge in [0.15, 0.2) is 0 Å². The highest BCUT2D eigenvalue weighted by molar-refractivity contribution is 5.90. The fourth-order valence-electron chi connectivity index (χ4n) is 3.81. The SMILES string of the molecule is Cc1cc(C(/C=C/c2ccc3c(c2)CCN3C(=O)OC(C)(C)C)C(F)(F)F)cc(C)c1F. The smallest absolute Gasteiger partial charge is 0.414 e. The van der Waals surface area contributed by atoms with Crippen LogP contribution in [0.1, 0.15) is 54.5 Å². The van der Waals surface area contributed by atoms with Gasteiger partial charge in [-0.25, -0.2) is 9.18 Å². The van der Waals surface area contributed by atoms with Crippen molar-refractivity contribution in [2.24, 2.45) is 0 Å². The molecule has 1 atom stereocenters. The molecule has 1 heterocycles. The van der Waals surface area contributed by atoms with Gasteiger partial charge in [-0.05, 0) is 81.0 Å². The van der Waals surface area contributed by atoms with Gasteiger partial charge in [0.1, 0.15) is 11.4 Å². The monoisotopic (exact) mass is 449 g/mol. The van der Waals surface area contributed by atoms with Crippen LogP contribution in [0.15, 0.2) is 36.4 Å². The molecular weight excluding hydrogens is 422 g/mol. The molecule has 172 valence electrons. The summed E-state index contributed by atoms with van der Waals surface area (Å²) in [6, 6.07) is 7.66. The molecular formula is C25H27F4NO2. The van der Waals surface area contributed by atoms with E-state index in [1.165, 1.54) is 37.0 Å². The van der Waals surface area contributed by atoms with Crippen LogP contribution in [0.5, 0.6) is 0 Å². The van der Waals surface area contributed by atoms with Crippen LogP contribution in [0.2, 0.25) is 0 Å². The predicted octanol–water partition coefficient (Wildman–Crippen LogP) is 7.10. The number of ether oxygens (including phenoxy) is 1. The Morgan fingerprint density at radius 3 is 2.28 bits per heavy atom. The molecule has 2 aromatic rings. The number of carbonyl (C=O) groups excluding carboxylic acids is 1. The molecule has 0 saturated heterocycles. The van der Waals surface area contributed by atoms with Crippen molar-refractivity contribution in [1.29, 1.82) is 0 Å². The van der Waals surface area contributed by atoms with E-state index in [2.05, 4.69) is 0 Å². The highest BCUT2D eigenvalue weighted by Crippen LogP contribution is 2.38. The standard InChI is InChI=1S/C25H27F4NO2/c1-15-12-19(13-16(2)22(15)26)20(25(27,28)29)8-6-17-7-9-21-18(14-17)10-11-30(21)23(31)32-24(3,4)5/h6-9,12-14,20H,10-11H2,1-5H3/b8-6+. The fraction of sp³-hybridized carbons (Fsp3) is 0.400. The number of hydrogen-bond donors (Lipinski definition) is 0. The van der Waals surface area contributed by atoms with Gasteiger partial charge in [0.25, 0.3) is 0 Å². The Morgan fingerprint density at radius 2 is 1.72 bits per heavy atom. The number of hydrogen-bond acceptors (Lipinski definition) is 2. The van der Waals surface area contributed by atoms with Crippen LogP contribution in [0.4, 0.5) is 28.0 Å². The Kier molecular flexibility index (Phi) is 6.40. The second kappa shape index (κ2) is 8.60. The number of fused-ring (bicyclic) bond motifs is 1. The molecule has 7 heteroatoms. The van der Waals surface area contributed by atoms with E-state index >= 15 is 0 Å². The van der Waals surface area contributed by atoms with Crippen molar-refractivity contribution >= 4 is 17.9 Å². The third-order valence-electron chi connectivity index (χ3n) is 5.26. The molecule has 0 aliphatic carbocycles. The van der Waals surface area contributed by atoms with Gasteiger partial charge >= 0.3 is 12.3 Å². The van der Waals surface area contributed by atoms with Crippen molar-refractivity contribution in [2.75, 3.05) is 11.4 Å². The summed E-state index contributed by atoms with van der Waals surface area (Å²) in [6.45, 7) is 8.74. The lowest BCUT2D eigenvalue weighted by atomic mass is 9.93. The van der Waals surface area contributed by atoms with Crippen molar-refractivity contribution in [1.82, 2.24) is 0 Å². The van der Waals surface area contributed by atoms with Crippen LogP contribution >= 0.6 is 0 Å². The van der Waals surface area contributed by atoms with Gasteiger partial charge in [0, 0.05) is 6.54 Å². The number of carbonyl (C=O) groups is 1. The molecule has 1 aliphatic rings. The number of alkyl halides is 3. The Hall–Kier alpha value is -2.83. The minimum Gasteiger partial charge on any atom is -0.443 e. The molecule has 1 unspecified atom stereocenters. The van der Waals surface area contributed by atoms with E-state index in [4.69, 9.17) is 4.74 Å². The number of amides is 1. The minimum absolute atomic E-state index is 0.00223. The summed E-state index contributed by atoms with van der Waals surface area (Å²) in [4.78, 5) is 13.9. The largest absolute Gasteiger partial charge is 0.443 e. The fourth-order valence-corrected chi connectivity index (χ4v) is 3.81. The summed E-state index contributed by atoms with van der Waals surface area (Å²) >= 11 is 0. The first-order chi connectivity index (χ1) is 14.8. The average molecular weight is 449 g/mol. The van der Waals surface area contributed by atoms with Crippen LogP contribution in [0.25, 0.3) is 6.08 Å². The highest BCUT2D eigenvalue weighted by Gasteiger charge is 2.39. The molecule has 0 spiro atoms. The number of aryl methyl sites for hydroxylation is 2. The minimum atomic E-state index is -4.52. The molecule has 0 bridgehead atoms. The van der Waals surface area contributed by atoms with Gasteiger partial charge < -0.3 is 4.74 Å². The number of allylic oxidation sites excluding steroid dienone is 1. The topological polar surface area (TPSA) is 29.5 Å². The normalized spacial score (nSPS) is 15.2. The first-order valence-electron chi connectivity index (χ1n) is 10.4. The maximum Gasteiger partial charge on any atom is 0.414 e. The zero-order valence-corrected chi connectivity index (χ0v) is 18.8. The first kappa shape index (κ1) is 23.8. The van der Waals surface area contributed by atoms with Gasteiger partial charge in [-0.3, -0.25) is 4.90 Å². The van der Waals surface area contributed by atoms with E-state index < -0.39 is 29.6 Å². The molecule has 0 fully saturated rings. The zero-order chi connectivity index (χ0) is 23.8. The van der Waals surface area contributed by atoms with Crippen molar-refractivity contribution in [2.45, 2.75) is 58.7 Å². The lowest BCUT2D eigenvalue weighted by molar-refractivity contribution is -0.139. The van der Waals surface area contributed by atoms with E-state index in [9.17, 15) is 22.4 Å². The molecule has 0 saturated carbocycles. The van der Waals surface area contributed by atoms with Crippen LogP contribution in [0, 0.1) is 19.7 Å². The zero-order valence-electron chi connectivity index (χ0n) is 18.8. The van der Waals surface area contributed by atoms with Crippen LogP contribution in [-0.2, 0) is 11.2 Å². The van der Waals surface area contributed by atoms with Gasteiger partial charge in [0.05, 0.1) is 11.6 Å². The molecule has 3 nitrogen and oxygen atoms in total. The quantitative estimate of drug-likeness (QED) is 0.468. The Morgan fingerprint density at radius 1 is 1.09 bits per heavy atom. The third-order valence-corrected chi connectivity index (χ3v) is 5.26. The van der Waals surface area contributed by atoms with E-state index in [1.807, 2.05) is 0 Å². The second-order valence-corrected chi connectivity index (χ2v) is 9.12. The maximum absolute atomic E-state index is 13.9. The molecule has 1 aliphatic heterocycles. The van der Waals surface area contributed by atoms with Crippen molar-refractivity contribution < 1.29 is 27.1 Å². The maximum atomic E-state index is 13.9. The number of nitrogens with zero attached hydrogens (tertiary/aromatic N) is 1. The predicted molar refractivity (Wildman–Crippen MR) is 117 cm³/mol. The summed E-state index contributed by atoms with van der Waals surface area (Å²) in [6.07, 6.45) is -1.86. The Balaban J connectivity index is 1.86. The summed E-state index contributed by atoms with van der Waals surface area (Å²) in [5.41, 5.74) is 1.92. The summed E-state index contributed by atoms with van der Waals surface area (Å²) < 4.78 is 60.6. The molecule has 0 N–H and O–H groups in total. The highest BCUT2D eigenvalue weighted by atomic mass is 19.4. The summed E-state index contributed by atoms with van der Waals surface area (Å²) in [5.74, 6) is -2.35. The average Bonchev–Trinajstić information content (AvgIpc) is 3.07. The van der Waals surface area contributed by atoms with Crippen LogP contribution < -0.4 is 4.90 Å². The van der Waals surface area contributed by atoms with Gasteiger partial charge in [-0.2, -0.15) is 13.2 Å². The van der Waals surface area contributed by atoms with Crippen LogP contribution in [-0.4, -0.2) is 24.4 Å². The number of benzene rings is 2. The van der Waals surface area contributed by atoms with E-state index in [1.54, 1.807) is 39.0 Å². The third kappa shape index (κ3) is 5.31. The molecule has 3 rings (SSSR count). The summed E-state index contributed by atoms with van der Waals surface area (Å²) in [5, 5.41) is 0. The molecule has 2 aromatic carbocycles. The first-order valence-corrected chi connectivity index (χ1v) is 10.4. The molecule has 0 aromatic heterocycles. The number of rotatable bonds is 3. The molecule has 0 radical (unpaired) electrons. The molecule has 32 heavy (non-hydrogen) atoms. The van der Waals surface area contributed by atoms with E-state index in [-0.39, 0.29) is 16.7 Å².